The molecule has 0 unspecified atom stereocenters. The van der Waals surface area contributed by atoms with Crippen LogP contribution in [0.2, 0.25) is 0 Å². The zero-order valence-electron chi connectivity index (χ0n) is 14.2. The highest BCUT2D eigenvalue weighted by atomic mass is 16.5. The second kappa shape index (κ2) is 7.34. The minimum Gasteiger partial charge on any atom is -0.473 e. The number of aryl methyl sites for hydroxylation is 1. The quantitative estimate of drug-likeness (QED) is 0.867. The van der Waals surface area contributed by atoms with Gasteiger partial charge in [-0.15, -0.1) is 0 Å². The zero-order chi connectivity index (χ0) is 16.9. The van der Waals surface area contributed by atoms with Crippen molar-refractivity contribution in [3.63, 3.8) is 0 Å². The van der Waals surface area contributed by atoms with Crippen LogP contribution >= 0.6 is 0 Å². The number of aromatic nitrogens is 1. The van der Waals surface area contributed by atoms with Gasteiger partial charge < -0.3 is 14.5 Å². The van der Waals surface area contributed by atoms with E-state index in [-0.39, 0.29) is 5.91 Å². The lowest BCUT2D eigenvalue weighted by molar-refractivity contribution is -0.129. The molecule has 126 valence electrons. The number of benzene rings is 1. The first-order valence-electron chi connectivity index (χ1n) is 8.28. The molecular weight excluding hydrogens is 302 g/mol. The van der Waals surface area contributed by atoms with Gasteiger partial charge in [-0.25, -0.2) is 0 Å². The topological polar surface area (TPSA) is 45.7 Å². The van der Waals surface area contributed by atoms with Crippen LogP contribution in [0.4, 0.5) is 5.82 Å². The van der Waals surface area contributed by atoms with Crippen molar-refractivity contribution >= 4 is 11.7 Å². The van der Waals surface area contributed by atoms with Gasteiger partial charge in [0.1, 0.15) is 12.4 Å². The molecule has 0 spiro atoms. The number of rotatable bonds is 4. The van der Waals surface area contributed by atoms with Gasteiger partial charge in [0.05, 0.1) is 0 Å². The van der Waals surface area contributed by atoms with E-state index in [1.807, 2.05) is 29.2 Å². The average Bonchev–Trinajstić information content (AvgIpc) is 2.60. The third kappa shape index (κ3) is 4.04. The van der Waals surface area contributed by atoms with Crippen LogP contribution in [0.3, 0.4) is 0 Å². The van der Waals surface area contributed by atoms with Crippen LogP contribution < -0.4 is 9.64 Å². The van der Waals surface area contributed by atoms with E-state index in [1.165, 1.54) is 5.56 Å². The number of piperazine rings is 1. The normalized spacial score (nSPS) is 14.6. The molecular formula is C19H23N3O2. The molecule has 0 bridgehead atoms. The molecule has 24 heavy (non-hydrogen) atoms. The second-order valence-electron chi connectivity index (χ2n) is 6.10. The molecule has 0 saturated carbocycles. The van der Waals surface area contributed by atoms with Crippen LogP contribution in [0.15, 0.2) is 42.5 Å². The number of hydrogen-bond acceptors (Lipinski definition) is 4. The van der Waals surface area contributed by atoms with Gasteiger partial charge in [-0.2, -0.15) is 4.98 Å². The highest BCUT2D eigenvalue weighted by molar-refractivity contribution is 5.73. The van der Waals surface area contributed by atoms with Crippen molar-refractivity contribution in [3.8, 4) is 5.88 Å². The molecule has 1 saturated heterocycles. The van der Waals surface area contributed by atoms with Crippen LogP contribution in [0.5, 0.6) is 5.88 Å². The SMILES string of the molecule is CC(=O)N1CCN(c2cccc(OCc3cccc(C)c3)n2)CC1. The molecule has 1 aromatic heterocycles. The maximum Gasteiger partial charge on any atom is 0.219 e. The summed E-state index contributed by atoms with van der Waals surface area (Å²) < 4.78 is 5.84. The van der Waals surface area contributed by atoms with Crippen molar-refractivity contribution in [2.45, 2.75) is 20.5 Å². The Balaban J connectivity index is 1.61. The fraction of sp³-hybridized carbons (Fsp3) is 0.368. The number of ether oxygens (including phenoxy) is 1. The van der Waals surface area contributed by atoms with E-state index in [0.717, 1.165) is 37.6 Å². The third-order valence-electron chi connectivity index (χ3n) is 4.23. The number of pyridine rings is 1. The first-order chi connectivity index (χ1) is 11.6. The van der Waals surface area contributed by atoms with Gasteiger partial charge in [0.2, 0.25) is 11.8 Å². The fourth-order valence-electron chi connectivity index (χ4n) is 2.87. The number of carbonyl (C=O) groups excluding carboxylic acids is 1. The predicted molar refractivity (Wildman–Crippen MR) is 94.2 cm³/mol. The second-order valence-corrected chi connectivity index (χ2v) is 6.10. The van der Waals surface area contributed by atoms with Crippen molar-refractivity contribution in [1.82, 2.24) is 9.88 Å². The van der Waals surface area contributed by atoms with Crippen LogP contribution in [-0.2, 0) is 11.4 Å². The molecule has 2 aromatic rings. The maximum absolute atomic E-state index is 11.4. The molecule has 0 aliphatic carbocycles. The van der Waals surface area contributed by atoms with Crippen LogP contribution in [0.1, 0.15) is 18.1 Å². The van der Waals surface area contributed by atoms with Crippen molar-refractivity contribution in [1.29, 1.82) is 0 Å². The summed E-state index contributed by atoms with van der Waals surface area (Å²) in [5, 5.41) is 0. The van der Waals surface area contributed by atoms with Crippen LogP contribution in [0, 0.1) is 6.92 Å². The highest BCUT2D eigenvalue weighted by Gasteiger charge is 2.19. The summed E-state index contributed by atoms with van der Waals surface area (Å²) in [5.74, 6) is 1.67. The summed E-state index contributed by atoms with van der Waals surface area (Å²) in [6.07, 6.45) is 0. The summed E-state index contributed by atoms with van der Waals surface area (Å²) in [6, 6.07) is 14.1. The summed E-state index contributed by atoms with van der Waals surface area (Å²) in [4.78, 5) is 20.1. The van der Waals surface area contributed by atoms with Gasteiger partial charge in [-0.05, 0) is 18.6 Å². The lowest BCUT2D eigenvalue weighted by Crippen LogP contribution is -2.48. The Morgan fingerprint density at radius 3 is 2.58 bits per heavy atom. The summed E-state index contributed by atoms with van der Waals surface area (Å²) in [5.41, 5.74) is 2.36. The molecule has 5 nitrogen and oxygen atoms in total. The Hall–Kier alpha value is -2.56. The molecule has 1 amide bonds. The monoisotopic (exact) mass is 325 g/mol. The van der Waals surface area contributed by atoms with Gasteiger partial charge in [0, 0.05) is 39.2 Å². The van der Waals surface area contributed by atoms with E-state index in [0.29, 0.717) is 12.5 Å². The van der Waals surface area contributed by atoms with Gasteiger partial charge in [-0.3, -0.25) is 4.79 Å². The van der Waals surface area contributed by atoms with E-state index in [1.54, 1.807) is 6.92 Å². The lowest BCUT2D eigenvalue weighted by atomic mass is 10.1. The molecule has 1 aromatic carbocycles. The molecule has 1 aliphatic heterocycles. The van der Waals surface area contributed by atoms with Gasteiger partial charge in [-0.1, -0.05) is 35.9 Å². The smallest absolute Gasteiger partial charge is 0.219 e. The summed E-state index contributed by atoms with van der Waals surface area (Å²) >= 11 is 0. The van der Waals surface area contributed by atoms with Crippen LogP contribution in [0.25, 0.3) is 0 Å². The van der Waals surface area contributed by atoms with Crippen molar-refractivity contribution < 1.29 is 9.53 Å². The predicted octanol–water partition coefficient (Wildman–Crippen LogP) is 2.64. The largest absolute Gasteiger partial charge is 0.473 e. The Morgan fingerprint density at radius 2 is 1.88 bits per heavy atom. The number of nitrogens with zero attached hydrogens (tertiary/aromatic N) is 3. The highest BCUT2D eigenvalue weighted by Crippen LogP contribution is 2.18. The molecule has 0 N–H and O–H groups in total. The summed E-state index contributed by atoms with van der Waals surface area (Å²) in [6.45, 7) is 7.28. The van der Waals surface area contributed by atoms with Gasteiger partial charge >= 0.3 is 0 Å². The third-order valence-corrected chi connectivity index (χ3v) is 4.23. The zero-order valence-corrected chi connectivity index (χ0v) is 14.2. The maximum atomic E-state index is 11.4. The molecule has 1 fully saturated rings. The van der Waals surface area contributed by atoms with Gasteiger partial charge in [0.15, 0.2) is 0 Å². The van der Waals surface area contributed by atoms with E-state index < -0.39 is 0 Å². The molecule has 2 heterocycles. The lowest BCUT2D eigenvalue weighted by Gasteiger charge is -2.34. The van der Waals surface area contributed by atoms with E-state index in [2.05, 4.69) is 35.0 Å². The minimum atomic E-state index is 0.137. The Morgan fingerprint density at radius 1 is 1.12 bits per heavy atom. The molecule has 0 atom stereocenters. The van der Waals surface area contributed by atoms with Crippen LogP contribution in [-0.4, -0.2) is 42.0 Å². The van der Waals surface area contributed by atoms with Gasteiger partial charge in [0.25, 0.3) is 0 Å². The number of amides is 1. The molecule has 3 rings (SSSR count). The number of hydrogen-bond donors (Lipinski definition) is 0. The Kier molecular flexibility index (Phi) is 4.99. The summed E-state index contributed by atoms with van der Waals surface area (Å²) in [7, 11) is 0. The first kappa shape index (κ1) is 16.3. The van der Waals surface area contributed by atoms with Crippen molar-refractivity contribution in [2.75, 3.05) is 31.1 Å². The first-order valence-corrected chi connectivity index (χ1v) is 8.28. The standard InChI is InChI=1S/C19H23N3O2/c1-15-5-3-6-17(13-15)14-24-19-8-4-7-18(20-19)22-11-9-21(10-12-22)16(2)23/h3-8,13H,9-12,14H2,1-2H3. The van der Waals surface area contributed by atoms with E-state index in [9.17, 15) is 4.79 Å². The number of carbonyl (C=O) groups is 1. The van der Waals surface area contributed by atoms with Crippen molar-refractivity contribution in [2.24, 2.45) is 0 Å². The Bertz CT molecular complexity index is 709. The Labute approximate surface area is 142 Å². The average molecular weight is 325 g/mol. The molecule has 1 aliphatic rings. The minimum absolute atomic E-state index is 0.137. The number of anilines is 1. The van der Waals surface area contributed by atoms with E-state index >= 15 is 0 Å². The molecule has 5 heteroatoms. The van der Waals surface area contributed by atoms with Crippen molar-refractivity contribution in [3.05, 3.63) is 53.6 Å². The van der Waals surface area contributed by atoms with E-state index in [4.69, 9.17) is 4.74 Å². The molecule has 0 radical (unpaired) electrons. The fourth-order valence-corrected chi connectivity index (χ4v) is 2.87.